The van der Waals surface area contributed by atoms with Crippen LogP contribution in [0.15, 0.2) is 134 Å². The molecule has 0 spiro atoms. The molecule has 0 aliphatic heterocycles. The van der Waals surface area contributed by atoms with Gasteiger partial charge >= 0.3 is 33.6 Å². The molecule has 532 valence electrons. The van der Waals surface area contributed by atoms with Gasteiger partial charge in [-0.2, -0.15) is 0 Å². The van der Waals surface area contributed by atoms with Crippen LogP contribution in [0.3, 0.4) is 0 Å². The first-order valence-electron chi connectivity index (χ1n) is 35.5. The number of aliphatic hydroxyl groups is 2. The molecule has 0 aromatic heterocycles. The van der Waals surface area contributed by atoms with Gasteiger partial charge in [0, 0.05) is 19.3 Å². The fraction of sp³-hybridized carbons (Fsp3) is 0.667. The molecule has 0 aliphatic rings. The molecule has 5 unspecified atom stereocenters. The number of esters is 3. The molecular formula is C75H126O16P2. The van der Waals surface area contributed by atoms with Crippen LogP contribution in [0.2, 0.25) is 0 Å². The number of aliphatic hydroxyl groups excluding tert-OH is 2. The molecule has 0 amide bonds. The molecule has 0 fully saturated rings. The molecular weight excluding hydrogens is 1220 g/mol. The number of ether oxygens (including phenoxy) is 3. The van der Waals surface area contributed by atoms with E-state index in [2.05, 4.69) is 154 Å². The molecule has 0 aliphatic carbocycles. The highest BCUT2D eigenvalue weighted by atomic mass is 31.2. The van der Waals surface area contributed by atoms with Crippen molar-refractivity contribution in [2.45, 2.75) is 283 Å². The monoisotopic (exact) mass is 1340 g/mol. The molecule has 16 nitrogen and oxygen atoms in total. The largest absolute Gasteiger partial charge is 0.472 e. The topological polar surface area (TPSA) is 231 Å². The van der Waals surface area contributed by atoms with Crippen LogP contribution in [0.4, 0.5) is 0 Å². The third-order valence-corrected chi connectivity index (χ3v) is 16.2. The third-order valence-electron chi connectivity index (χ3n) is 14.3. The van der Waals surface area contributed by atoms with Crippen LogP contribution in [0.25, 0.3) is 0 Å². The van der Waals surface area contributed by atoms with Crippen molar-refractivity contribution in [1.82, 2.24) is 0 Å². The summed E-state index contributed by atoms with van der Waals surface area (Å²) in [7, 11) is -9.80. The Bertz CT molecular complexity index is 2230. The van der Waals surface area contributed by atoms with E-state index in [0.29, 0.717) is 19.3 Å². The number of allylic oxidation sites excluding steroid dienone is 22. The Morgan fingerprint density at radius 1 is 0.312 bits per heavy atom. The second-order valence-corrected chi connectivity index (χ2v) is 26.2. The summed E-state index contributed by atoms with van der Waals surface area (Å²) in [6.45, 7) is 2.40. The van der Waals surface area contributed by atoms with Crippen LogP contribution in [0.5, 0.6) is 0 Å². The Hall–Kier alpha value is -4.31. The van der Waals surface area contributed by atoms with Gasteiger partial charge in [-0.15, -0.1) is 0 Å². The smallest absolute Gasteiger partial charge is 0.463 e. The van der Waals surface area contributed by atoms with Gasteiger partial charge < -0.3 is 34.2 Å². The molecule has 0 saturated carbocycles. The van der Waals surface area contributed by atoms with Gasteiger partial charge in [-0.1, -0.05) is 244 Å². The van der Waals surface area contributed by atoms with Gasteiger partial charge in [0.25, 0.3) is 0 Å². The van der Waals surface area contributed by atoms with Crippen molar-refractivity contribution >= 4 is 33.6 Å². The molecule has 18 heteroatoms. The van der Waals surface area contributed by atoms with Gasteiger partial charge in [-0.25, -0.2) is 9.13 Å². The van der Waals surface area contributed by atoms with Gasteiger partial charge in [0.2, 0.25) is 0 Å². The number of hydrogen-bond donors (Lipinski definition) is 4. The van der Waals surface area contributed by atoms with Crippen LogP contribution in [0.1, 0.15) is 265 Å². The lowest BCUT2D eigenvalue weighted by molar-refractivity contribution is -0.161. The van der Waals surface area contributed by atoms with Crippen molar-refractivity contribution in [2.75, 3.05) is 39.6 Å². The van der Waals surface area contributed by atoms with E-state index in [0.717, 1.165) is 180 Å². The van der Waals surface area contributed by atoms with Crippen LogP contribution in [0, 0.1) is 0 Å². The second kappa shape index (κ2) is 67.7. The average molecular weight is 1350 g/mol. The van der Waals surface area contributed by atoms with Crippen molar-refractivity contribution in [3.63, 3.8) is 0 Å². The fourth-order valence-corrected chi connectivity index (χ4v) is 10.5. The third kappa shape index (κ3) is 68.9. The summed E-state index contributed by atoms with van der Waals surface area (Å²) in [5.74, 6) is -1.63. The second-order valence-electron chi connectivity index (χ2n) is 23.3. The van der Waals surface area contributed by atoms with Gasteiger partial charge in [0.05, 0.1) is 26.4 Å². The zero-order valence-electron chi connectivity index (χ0n) is 57.6. The van der Waals surface area contributed by atoms with Gasteiger partial charge in [0.15, 0.2) is 6.10 Å². The lowest BCUT2D eigenvalue weighted by Gasteiger charge is -2.21. The summed E-state index contributed by atoms with van der Waals surface area (Å²) in [5.41, 5.74) is 0. The normalized spacial score (nSPS) is 15.0. The molecule has 0 rings (SSSR count). The molecule has 0 aromatic rings. The van der Waals surface area contributed by atoms with Crippen molar-refractivity contribution < 1.29 is 75.8 Å². The molecule has 0 saturated heterocycles. The van der Waals surface area contributed by atoms with E-state index in [9.17, 15) is 43.5 Å². The highest BCUT2D eigenvalue weighted by Crippen LogP contribution is 2.45. The Balaban J connectivity index is 4.64. The van der Waals surface area contributed by atoms with Crippen LogP contribution < -0.4 is 0 Å². The first kappa shape index (κ1) is 88.7. The molecule has 5 atom stereocenters. The van der Waals surface area contributed by atoms with E-state index in [1.807, 2.05) is 0 Å². The Kier molecular flexibility index (Phi) is 64.5. The van der Waals surface area contributed by atoms with Crippen molar-refractivity contribution in [3.8, 4) is 0 Å². The molecule has 0 aromatic carbocycles. The molecule has 4 N–H and O–H groups in total. The number of carbonyl (C=O) groups is 3. The minimum absolute atomic E-state index is 0.0801. The van der Waals surface area contributed by atoms with E-state index in [1.165, 1.54) is 25.7 Å². The average Bonchev–Trinajstić information content (AvgIpc) is 3.75. The Morgan fingerprint density at radius 2 is 0.591 bits per heavy atom. The minimum Gasteiger partial charge on any atom is -0.463 e. The van der Waals surface area contributed by atoms with E-state index in [1.54, 1.807) is 0 Å². The summed E-state index contributed by atoms with van der Waals surface area (Å²) < 4.78 is 60.9. The summed E-state index contributed by atoms with van der Waals surface area (Å²) in [5, 5.41) is 20.6. The van der Waals surface area contributed by atoms with E-state index in [4.69, 9.17) is 32.3 Å². The highest BCUT2D eigenvalue weighted by Gasteiger charge is 2.29. The maximum Gasteiger partial charge on any atom is 0.472 e. The van der Waals surface area contributed by atoms with Crippen LogP contribution >= 0.6 is 15.6 Å². The van der Waals surface area contributed by atoms with Gasteiger partial charge in [0.1, 0.15) is 25.4 Å². The minimum atomic E-state index is -4.94. The van der Waals surface area contributed by atoms with Gasteiger partial charge in [-0.05, 0) is 135 Å². The van der Waals surface area contributed by atoms with E-state index in [-0.39, 0.29) is 19.3 Å². The lowest BCUT2D eigenvalue weighted by Crippen LogP contribution is -2.30. The molecule has 0 radical (unpaired) electrons. The Morgan fingerprint density at radius 3 is 0.946 bits per heavy atom. The predicted molar refractivity (Wildman–Crippen MR) is 380 cm³/mol. The van der Waals surface area contributed by atoms with Crippen LogP contribution in [-0.4, -0.2) is 95.9 Å². The van der Waals surface area contributed by atoms with Gasteiger partial charge in [-0.3, -0.25) is 32.5 Å². The van der Waals surface area contributed by atoms with Crippen molar-refractivity contribution in [2.24, 2.45) is 0 Å². The SMILES string of the molecule is CC/C=C\C/C=C\C/C=C\C/C=C\C/C=C\CCCCCCCCCC(=O)OCC(O)COP(=O)(O)OCC(O)COP(=O)(O)OCC(COC(=O)CCCCCCC/C=C\C/C=C\C/C=C\C/C=C\CCCCC)OC(=O)CCCCCCC/C=C\C/C=C\CCC. The zero-order chi connectivity index (χ0) is 68.1. The van der Waals surface area contributed by atoms with E-state index >= 15 is 0 Å². The number of carbonyl (C=O) groups excluding carboxylic acids is 3. The number of phosphoric ester groups is 2. The number of unbranched alkanes of at least 4 members (excludes halogenated alkanes) is 21. The number of hydrogen-bond acceptors (Lipinski definition) is 14. The zero-order valence-corrected chi connectivity index (χ0v) is 59.4. The maximum atomic E-state index is 12.9. The standard InChI is InChI=1S/C75H126O16P2/c1-4-7-10-13-16-19-22-25-27-29-31-33-34-36-38-39-41-44-46-49-52-55-58-61-73(78)85-64-70(76)65-87-92(81,82)88-66-71(77)67-89-93(83,84)90-69-72(91-75(80)63-60-57-54-51-48-43-24-21-18-15-12-9-6-3)68-86-74(79)62-59-56-53-50-47-45-42-40-37-35-32-30-28-26-23-20-17-14-11-8-5-2/h7,10,12,15-17,19-21,24-28,31-33,35-36,38,40,42,70-72,76-77H,4-6,8-9,11,13-14,18,22-23,29-30,34,37,39,41,43-69H2,1-3H3,(H,81,82)(H,83,84)/b10-7-,15-12-,19-16-,20-17-,24-21-,27-25-,28-26-,33-31-,35-32-,38-36-,42-40-. The summed E-state index contributed by atoms with van der Waals surface area (Å²) in [4.78, 5) is 58.4. The lowest BCUT2D eigenvalue weighted by atomic mass is 10.1. The molecule has 0 bridgehead atoms. The highest BCUT2D eigenvalue weighted by molar-refractivity contribution is 7.47. The number of rotatable bonds is 66. The summed E-state index contributed by atoms with van der Waals surface area (Å²) in [6.07, 6.45) is 79.3. The first-order valence-corrected chi connectivity index (χ1v) is 38.5. The Labute approximate surface area is 563 Å². The molecule has 0 heterocycles. The maximum absolute atomic E-state index is 12.9. The fourth-order valence-electron chi connectivity index (χ4n) is 8.91. The van der Waals surface area contributed by atoms with Crippen molar-refractivity contribution in [3.05, 3.63) is 134 Å². The van der Waals surface area contributed by atoms with E-state index < -0.39 is 91.5 Å². The quantitative estimate of drug-likeness (QED) is 0.0146. The van der Waals surface area contributed by atoms with Crippen molar-refractivity contribution in [1.29, 1.82) is 0 Å². The van der Waals surface area contributed by atoms with Crippen LogP contribution in [-0.2, 0) is 55.8 Å². The summed E-state index contributed by atoms with van der Waals surface area (Å²) in [6, 6.07) is 0. The number of phosphoric acid groups is 2. The predicted octanol–water partition coefficient (Wildman–Crippen LogP) is 20.0. The first-order chi connectivity index (χ1) is 45.2. The summed E-state index contributed by atoms with van der Waals surface area (Å²) >= 11 is 0. The molecule has 93 heavy (non-hydrogen) atoms.